The Kier molecular flexibility index (Phi) is 3.67. The molecule has 3 heterocycles. The van der Waals surface area contributed by atoms with Crippen molar-refractivity contribution in [1.29, 1.82) is 0 Å². The van der Waals surface area contributed by atoms with E-state index < -0.39 is 0 Å². The van der Waals surface area contributed by atoms with Crippen LogP contribution in [0.3, 0.4) is 0 Å². The second kappa shape index (κ2) is 5.81. The van der Waals surface area contributed by atoms with Gasteiger partial charge in [0.15, 0.2) is 5.65 Å². The summed E-state index contributed by atoms with van der Waals surface area (Å²) in [6.45, 7) is 1.93. The van der Waals surface area contributed by atoms with Gasteiger partial charge in [-0.25, -0.2) is 9.97 Å². The predicted molar refractivity (Wildman–Crippen MR) is 90.6 cm³/mol. The van der Waals surface area contributed by atoms with Crippen LogP contribution in [-0.2, 0) is 0 Å². The lowest BCUT2D eigenvalue weighted by molar-refractivity contribution is 0.468. The highest BCUT2D eigenvalue weighted by Crippen LogP contribution is 2.45. The average Bonchev–Trinajstić information content (AvgIpc) is 3.19. The molecule has 22 heavy (non-hydrogen) atoms. The summed E-state index contributed by atoms with van der Waals surface area (Å²) in [6.07, 6.45) is 1.47. The van der Waals surface area contributed by atoms with E-state index in [1.807, 2.05) is 42.6 Å². The maximum absolute atomic E-state index is 5.92. The summed E-state index contributed by atoms with van der Waals surface area (Å²) in [5.41, 5.74) is 2.87. The van der Waals surface area contributed by atoms with Crippen molar-refractivity contribution in [2.24, 2.45) is 0 Å². The summed E-state index contributed by atoms with van der Waals surface area (Å²) < 4.78 is 6.48. The molecular weight excluding hydrogens is 316 g/mol. The lowest BCUT2D eigenvalue weighted by Crippen LogP contribution is -1.92. The summed E-state index contributed by atoms with van der Waals surface area (Å²) in [5, 5.41) is 7.86. The topological polar surface area (TPSA) is 63.7 Å². The normalized spacial score (nSPS) is 15.5. The monoisotopic (exact) mass is 330 g/mol. The van der Waals surface area contributed by atoms with Crippen molar-refractivity contribution < 1.29 is 4.74 Å². The Morgan fingerprint density at radius 2 is 1.91 bits per heavy atom. The van der Waals surface area contributed by atoms with Crippen molar-refractivity contribution in [1.82, 2.24) is 20.2 Å². The van der Waals surface area contributed by atoms with Gasteiger partial charge in [-0.3, -0.25) is 5.10 Å². The first-order valence-electron chi connectivity index (χ1n) is 6.98. The molecule has 1 fully saturated rings. The molecule has 2 aromatic heterocycles. The van der Waals surface area contributed by atoms with Crippen LogP contribution in [0.1, 0.15) is 15.8 Å². The molecule has 0 aliphatic carbocycles. The molecule has 0 unspecified atom stereocenters. The van der Waals surface area contributed by atoms with E-state index >= 15 is 0 Å². The van der Waals surface area contributed by atoms with Gasteiger partial charge < -0.3 is 4.74 Å². The number of aromatic amines is 1. The van der Waals surface area contributed by atoms with E-state index in [0.29, 0.717) is 16.1 Å². The summed E-state index contributed by atoms with van der Waals surface area (Å²) >= 11 is 4.00. The zero-order valence-corrected chi connectivity index (χ0v) is 13.6. The van der Waals surface area contributed by atoms with Gasteiger partial charge in [-0.1, -0.05) is 12.1 Å². The van der Waals surface area contributed by atoms with Gasteiger partial charge >= 0.3 is 0 Å². The number of benzene rings is 1. The molecule has 1 aliphatic heterocycles. The van der Waals surface area contributed by atoms with E-state index in [-0.39, 0.29) is 0 Å². The van der Waals surface area contributed by atoms with E-state index in [0.717, 1.165) is 16.8 Å². The Morgan fingerprint density at radius 3 is 2.68 bits per heavy atom. The minimum absolute atomic E-state index is 0.536. The van der Waals surface area contributed by atoms with E-state index in [9.17, 15) is 0 Å². The quantitative estimate of drug-likeness (QED) is 0.785. The van der Waals surface area contributed by atoms with Crippen molar-refractivity contribution in [2.75, 3.05) is 11.5 Å². The molecule has 7 heteroatoms. The van der Waals surface area contributed by atoms with Gasteiger partial charge in [-0.2, -0.15) is 5.10 Å². The Morgan fingerprint density at radius 1 is 1.14 bits per heavy atom. The first-order chi connectivity index (χ1) is 10.8. The zero-order valence-electron chi connectivity index (χ0n) is 11.9. The first-order valence-corrected chi connectivity index (χ1v) is 9.08. The minimum Gasteiger partial charge on any atom is -0.438 e. The van der Waals surface area contributed by atoms with Crippen molar-refractivity contribution in [3.63, 3.8) is 0 Å². The van der Waals surface area contributed by atoms with Crippen LogP contribution in [0.25, 0.3) is 11.0 Å². The largest absolute Gasteiger partial charge is 0.438 e. The fraction of sp³-hybridized carbons (Fsp3) is 0.267. The number of nitrogens with one attached hydrogen (secondary N) is 1. The number of nitrogens with zero attached hydrogens (tertiary/aromatic N) is 3. The number of aromatic nitrogens is 4. The van der Waals surface area contributed by atoms with Gasteiger partial charge in [0.05, 0.1) is 4.58 Å². The Bertz CT molecular complexity index is 797. The van der Waals surface area contributed by atoms with Gasteiger partial charge in [-0.15, -0.1) is 23.5 Å². The van der Waals surface area contributed by atoms with Gasteiger partial charge in [-0.05, 0) is 24.6 Å². The third-order valence-corrected chi connectivity index (χ3v) is 6.59. The molecule has 1 saturated heterocycles. The van der Waals surface area contributed by atoms with Gasteiger partial charge in [0.2, 0.25) is 5.88 Å². The first kappa shape index (κ1) is 13.9. The molecule has 3 aromatic rings. The molecule has 112 valence electrons. The second-order valence-electron chi connectivity index (χ2n) is 4.97. The van der Waals surface area contributed by atoms with Gasteiger partial charge in [0.25, 0.3) is 0 Å². The number of fused-ring (bicyclic) bond motifs is 1. The Hall–Kier alpha value is -1.73. The number of H-pyrrole nitrogens is 1. The van der Waals surface area contributed by atoms with E-state index in [1.165, 1.54) is 23.4 Å². The van der Waals surface area contributed by atoms with E-state index in [4.69, 9.17) is 4.74 Å². The number of aryl methyl sites for hydroxylation is 1. The number of rotatable bonds is 3. The highest BCUT2D eigenvalue weighted by Gasteiger charge is 2.18. The highest BCUT2D eigenvalue weighted by atomic mass is 32.2. The molecule has 4 rings (SSSR count). The molecule has 1 aromatic carbocycles. The third-order valence-electron chi connectivity index (χ3n) is 3.49. The molecule has 0 atom stereocenters. The fourth-order valence-electron chi connectivity index (χ4n) is 2.40. The minimum atomic E-state index is 0.536. The lowest BCUT2D eigenvalue weighted by atomic mass is 10.2. The smallest absolute Gasteiger partial charge is 0.233 e. The van der Waals surface area contributed by atoms with Crippen molar-refractivity contribution in [3.8, 4) is 11.6 Å². The molecule has 0 bridgehead atoms. The van der Waals surface area contributed by atoms with E-state index in [2.05, 4.69) is 32.3 Å². The van der Waals surface area contributed by atoms with Crippen LogP contribution in [0.15, 0.2) is 30.6 Å². The summed E-state index contributed by atoms with van der Waals surface area (Å²) in [4.78, 5) is 8.37. The van der Waals surface area contributed by atoms with Crippen LogP contribution in [0.4, 0.5) is 0 Å². The highest BCUT2D eigenvalue weighted by molar-refractivity contribution is 8.19. The second-order valence-corrected chi connectivity index (χ2v) is 7.70. The van der Waals surface area contributed by atoms with Crippen LogP contribution in [-0.4, -0.2) is 31.7 Å². The molecule has 1 N–H and O–H groups in total. The Labute approximate surface area is 136 Å². The predicted octanol–water partition coefficient (Wildman–Crippen LogP) is 3.93. The van der Waals surface area contributed by atoms with Crippen LogP contribution in [0, 0.1) is 6.92 Å². The van der Waals surface area contributed by atoms with Gasteiger partial charge in [0, 0.05) is 17.2 Å². The fourth-order valence-corrected chi connectivity index (χ4v) is 5.26. The number of hydrogen-bond donors (Lipinski definition) is 1. The van der Waals surface area contributed by atoms with Crippen molar-refractivity contribution in [2.45, 2.75) is 11.5 Å². The number of ether oxygens (including phenoxy) is 1. The molecular formula is C15H14N4OS2. The summed E-state index contributed by atoms with van der Waals surface area (Å²) in [6, 6.07) is 8.26. The molecule has 0 radical (unpaired) electrons. The maximum atomic E-state index is 5.92. The molecule has 1 aliphatic rings. The van der Waals surface area contributed by atoms with Crippen LogP contribution < -0.4 is 4.74 Å². The third kappa shape index (κ3) is 2.55. The zero-order chi connectivity index (χ0) is 14.9. The standard InChI is InChI=1S/C15H14N4OS2/c1-9-12-13(19-18-9)16-8-17-14(12)20-11-4-2-10(3-5-11)15-21-6-7-22-15/h2-5,8,15H,6-7H2,1H3,(H,16,17,18,19). The van der Waals surface area contributed by atoms with Crippen molar-refractivity contribution in [3.05, 3.63) is 41.9 Å². The van der Waals surface area contributed by atoms with Crippen molar-refractivity contribution >= 4 is 34.6 Å². The Balaban J connectivity index is 1.61. The van der Waals surface area contributed by atoms with Gasteiger partial charge in [0.1, 0.15) is 17.5 Å². The average molecular weight is 330 g/mol. The number of thioether (sulfide) groups is 2. The molecule has 0 spiro atoms. The van der Waals surface area contributed by atoms with Crippen LogP contribution >= 0.6 is 23.5 Å². The maximum Gasteiger partial charge on any atom is 0.233 e. The molecule has 0 saturated carbocycles. The summed E-state index contributed by atoms with van der Waals surface area (Å²) in [7, 11) is 0. The van der Waals surface area contributed by atoms with Crippen LogP contribution in [0.2, 0.25) is 0 Å². The van der Waals surface area contributed by atoms with Crippen LogP contribution in [0.5, 0.6) is 11.6 Å². The molecule has 0 amide bonds. The summed E-state index contributed by atoms with van der Waals surface area (Å²) in [5.74, 6) is 3.77. The van der Waals surface area contributed by atoms with E-state index in [1.54, 1.807) is 0 Å². The lowest BCUT2D eigenvalue weighted by Gasteiger charge is -2.10. The number of hydrogen-bond acceptors (Lipinski definition) is 6. The SMILES string of the molecule is Cc1[nH]nc2ncnc(Oc3ccc(C4SCCS4)cc3)c12. The molecule has 5 nitrogen and oxygen atoms in total.